The van der Waals surface area contributed by atoms with Crippen LogP contribution in [-0.2, 0) is 0 Å². The lowest BCUT2D eigenvalue weighted by Crippen LogP contribution is -2.35. The van der Waals surface area contributed by atoms with Gasteiger partial charge in [-0.15, -0.1) is 0 Å². The molecule has 0 spiro atoms. The summed E-state index contributed by atoms with van der Waals surface area (Å²) in [7, 11) is 0. The molecule has 1 aromatic heterocycles. The van der Waals surface area contributed by atoms with Gasteiger partial charge in [0.25, 0.3) is 0 Å². The number of aliphatic hydroxyl groups is 1. The van der Waals surface area contributed by atoms with E-state index in [9.17, 15) is 5.11 Å². The molecule has 2 N–H and O–H groups in total. The van der Waals surface area contributed by atoms with Gasteiger partial charge in [-0.05, 0) is 40.0 Å². The van der Waals surface area contributed by atoms with Gasteiger partial charge in [0.1, 0.15) is 0 Å². The number of nitrogens with one attached hydrogen (secondary N) is 1. The summed E-state index contributed by atoms with van der Waals surface area (Å²) in [5.41, 5.74) is 0.0574. The Kier molecular flexibility index (Phi) is 5.74. The van der Waals surface area contributed by atoms with Gasteiger partial charge in [-0.3, -0.25) is 0 Å². The van der Waals surface area contributed by atoms with Gasteiger partial charge in [-0.2, -0.15) is 4.98 Å². The highest BCUT2D eigenvalue weighted by Crippen LogP contribution is 2.18. The molecule has 1 rings (SSSR count). The predicted molar refractivity (Wildman–Crippen MR) is 81.1 cm³/mol. The molecule has 1 atom stereocenters. The molecule has 5 nitrogen and oxygen atoms in total. The lowest BCUT2D eigenvalue weighted by molar-refractivity contribution is 0.0513. The highest BCUT2D eigenvalue weighted by Gasteiger charge is 2.22. The van der Waals surface area contributed by atoms with Gasteiger partial charge in [0, 0.05) is 18.3 Å². The van der Waals surface area contributed by atoms with Gasteiger partial charge in [-0.25, -0.2) is 4.98 Å². The summed E-state index contributed by atoms with van der Waals surface area (Å²) in [4.78, 5) is 8.61. The molecule has 0 aliphatic heterocycles. The van der Waals surface area contributed by atoms with Gasteiger partial charge >= 0.3 is 0 Å². The van der Waals surface area contributed by atoms with E-state index in [0.717, 1.165) is 12.1 Å². The Morgan fingerprint density at radius 2 is 1.95 bits per heavy atom. The Morgan fingerprint density at radius 1 is 1.30 bits per heavy atom. The molecular weight excluding hydrogens is 254 g/mol. The van der Waals surface area contributed by atoms with Crippen molar-refractivity contribution in [3.8, 4) is 5.88 Å². The van der Waals surface area contributed by atoms with Crippen LogP contribution in [-0.4, -0.2) is 33.3 Å². The number of hydrogen-bond acceptors (Lipinski definition) is 5. The number of aryl methyl sites for hydroxylation is 1. The summed E-state index contributed by atoms with van der Waals surface area (Å²) in [5, 5.41) is 13.4. The van der Waals surface area contributed by atoms with Crippen molar-refractivity contribution in [1.29, 1.82) is 0 Å². The van der Waals surface area contributed by atoms with E-state index < -0.39 is 5.60 Å². The van der Waals surface area contributed by atoms with Crippen molar-refractivity contribution in [2.75, 3.05) is 11.9 Å². The molecule has 5 heteroatoms. The first-order valence-electron chi connectivity index (χ1n) is 7.16. The fourth-order valence-corrected chi connectivity index (χ4v) is 2.14. The van der Waals surface area contributed by atoms with E-state index in [-0.39, 0.29) is 6.10 Å². The van der Waals surface area contributed by atoms with E-state index in [2.05, 4.69) is 29.1 Å². The summed E-state index contributed by atoms with van der Waals surface area (Å²) < 4.78 is 5.58. The van der Waals surface area contributed by atoms with Gasteiger partial charge in [0.2, 0.25) is 11.8 Å². The van der Waals surface area contributed by atoms with Gasteiger partial charge < -0.3 is 15.2 Å². The molecule has 1 unspecified atom stereocenters. The minimum Gasteiger partial charge on any atom is -0.475 e. The van der Waals surface area contributed by atoms with Crippen molar-refractivity contribution in [3.05, 3.63) is 11.8 Å². The third-order valence-corrected chi connectivity index (χ3v) is 2.66. The molecule has 0 fully saturated rings. The fraction of sp³-hybridized carbons (Fsp3) is 0.733. The minimum absolute atomic E-state index is 0.0706. The topological polar surface area (TPSA) is 67.3 Å². The lowest BCUT2D eigenvalue weighted by atomic mass is 9.94. The maximum absolute atomic E-state index is 10.3. The molecule has 20 heavy (non-hydrogen) atoms. The minimum atomic E-state index is -0.777. The number of hydrogen-bond donors (Lipinski definition) is 2. The standard InChI is InChI=1S/C15H27N3O2/c1-10(2)8-15(6,19)9-16-14-17-12(5)7-13(18-14)20-11(3)4/h7,10-11,19H,8-9H2,1-6H3,(H,16,17,18). The van der Waals surface area contributed by atoms with Gasteiger partial charge in [0.05, 0.1) is 11.7 Å². The summed E-state index contributed by atoms with van der Waals surface area (Å²) in [6, 6.07) is 1.80. The second kappa shape index (κ2) is 6.88. The second-order valence-corrected chi connectivity index (χ2v) is 6.29. The maximum Gasteiger partial charge on any atom is 0.226 e. The summed E-state index contributed by atoms with van der Waals surface area (Å²) in [6.07, 6.45) is 0.794. The van der Waals surface area contributed by atoms with Crippen molar-refractivity contribution in [2.45, 2.75) is 59.7 Å². The molecular formula is C15H27N3O2. The third-order valence-electron chi connectivity index (χ3n) is 2.66. The smallest absolute Gasteiger partial charge is 0.226 e. The first kappa shape index (κ1) is 16.7. The molecule has 0 amide bonds. The van der Waals surface area contributed by atoms with Crippen molar-refractivity contribution in [3.63, 3.8) is 0 Å². The van der Waals surface area contributed by atoms with E-state index in [1.54, 1.807) is 6.07 Å². The molecule has 114 valence electrons. The predicted octanol–water partition coefficient (Wildman–Crippen LogP) is 2.78. The highest BCUT2D eigenvalue weighted by atomic mass is 16.5. The summed E-state index contributed by atoms with van der Waals surface area (Å²) in [5.74, 6) is 1.48. The van der Waals surface area contributed by atoms with Crippen LogP contribution in [0.2, 0.25) is 0 Å². The molecule has 0 aliphatic carbocycles. The summed E-state index contributed by atoms with van der Waals surface area (Å²) in [6.45, 7) is 12.2. The Morgan fingerprint density at radius 3 is 2.50 bits per heavy atom. The average Bonchev–Trinajstić information content (AvgIpc) is 2.23. The Balaban J connectivity index is 2.70. The zero-order valence-electron chi connectivity index (χ0n) is 13.4. The first-order chi connectivity index (χ1) is 9.18. The molecule has 1 aromatic rings. The second-order valence-electron chi connectivity index (χ2n) is 6.29. The van der Waals surface area contributed by atoms with Crippen molar-refractivity contribution in [1.82, 2.24) is 9.97 Å². The van der Waals surface area contributed by atoms with Crippen molar-refractivity contribution < 1.29 is 9.84 Å². The highest BCUT2D eigenvalue weighted by molar-refractivity contribution is 5.31. The maximum atomic E-state index is 10.3. The zero-order chi connectivity index (χ0) is 15.3. The quantitative estimate of drug-likeness (QED) is 0.804. The third kappa shape index (κ3) is 6.19. The molecule has 0 saturated carbocycles. The Hall–Kier alpha value is -1.36. The number of aromatic nitrogens is 2. The molecule has 1 heterocycles. The SMILES string of the molecule is Cc1cc(OC(C)C)nc(NCC(C)(O)CC(C)C)n1. The van der Waals surface area contributed by atoms with Crippen LogP contribution in [0.5, 0.6) is 5.88 Å². The van der Waals surface area contributed by atoms with Crippen LogP contribution in [0.3, 0.4) is 0 Å². The molecule has 0 bridgehead atoms. The van der Waals surface area contributed by atoms with Crippen LogP contribution in [0, 0.1) is 12.8 Å². The average molecular weight is 281 g/mol. The number of ether oxygens (including phenoxy) is 1. The van der Waals surface area contributed by atoms with E-state index in [0.29, 0.717) is 24.3 Å². The molecule has 0 saturated heterocycles. The number of rotatable bonds is 7. The number of anilines is 1. The normalized spacial score (nSPS) is 14.4. The fourth-order valence-electron chi connectivity index (χ4n) is 2.14. The first-order valence-corrected chi connectivity index (χ1v) is 7.16. The Labute approximate surface area is 121 Å². The number of nitrogens with zero attached hydrogens (tertiary/aromatic N) is 2. The monoisotopic (exact) mass is 281 g/mol. The van der Waals surface area contributed by atoms with E-state index in [4.69, 9.17) is 4.74 Å². The van der Waals surface area contributed by atoms with Crippen LogP contribution in [0.15, 0.2) is 6.07 Å². The molecule has 0 aliphatic rings. The van der Waals surface area contributed by atoms with Crippen molar-refractivity contribution in [2.24, 2.45) is 5.92 Å². The summed E-state index contributed by atoms with van der Waals surface area (Å²) >= 11 is 0. The van der Waals surface area contributed by atoms with Crippen LogP contribution in [0.4, 0.5) is 5.95 Å². The lowest BCUT2D eigenvalue weighted by Gasteiger charge is -2.25. The largest absolute Gasteiger partial charge is 0.475 e. The molecule has 0 aromatic carbocycles. The Bertz CT molecular complexity index is 431. The van der Waals surface area contributed by atoms with E-state index >= 15 is 0 Å². The molecule has 0 radical (unpaired) electrons. The van der Waals surface area contributed by atoms with E-state index in [1.165, 1.54) is 0 Å². The van der Waals surface area contributed by atoms with Crippen molar-refractivity contribution >= 4 is 5.95 Å². The van der Waals surface area contributed by atoms with Crippen LogP contribution in [0.1, 0.15) is 46.7 Å². The van der Waals surface area contributed by atoms with Gasteiger partial charge in [-0.1, -0.05) is 13.8 Å². The van der Waals surface area contributed by atoms with E-state index in [1.807, 2.05) is 27.7 Å². The zero-order valence-corrected chi connectivity index (χ0v) is 13.4. The van der Waals surface area contributed by atoms with Gasteiger partial charge in [0.15, 0.2) is 0 Å². The van der Waals surface area contributed by atoms with Crippen LogP contribution < -0.4 is 10.1 Å². The van der Waals surface area contributed by atoms with Crippen LogP contribution in [0.25, 0.3) is 0 Å². The van der Waals surface area contributed by atoms with Crippen LogP contribution >= 0.6 is 0 Å².